The van der Waals surface area contributed by atoms with Crippen molar-refractivity contribution in [2.45, 2.75) is 32.3 Å². The van der Waals surface area contributed by atoms with Crippen molar-refractivity contribution in [3.8, 4) is 5.75 Å². The van der Waals surface area contributed by atoms with Crippen LogP contribution in [0.2, 0.25) is 10.0 Å². The van der Waals surface area contributed by atoms with Crippen molar-refractivity contribution in [3.05, 3.63) is 94.0 Å². The Balaban J connectivity index is 1.65. The van der Waals surface area contributed by atoms with E-state index < -0.39 is 6.10 Å². The highest BCUT2D eigenvalue weighted by atomic mass is 35.5. The highest BCUT2D eigenvalue weighted by molar-refractivity contribution is 6.42. The van der Waals surface area contributed by atoms with Crippen molar-refractivity contribution in [3.63, 3.8) is 0 Å². The van der Waals surface area contributed by atoms with E-state index in [0.29, 0.717) is 21.5 Å². The fraction of sp³-hybridized carbons (Fsp3) is 0.208. The minimum atomic E-state index is -0.669. The molecule has 0 saturated carbocycles. The molecular formula is C24H23Cl2NO2. The van der Waals surface area contributed by atoms with Gasteiger partial charge in [0.25, 0.3) is 5.91 Å². The smallest absolute Gasteiger partial charge is 0.265 e. The van der Waals surface area contributed by atoms with Gasteiger partial charge in [0.05, 0.1) is 10.0 Å². The van der Waals surface area contributed by atoms with Gasteiger partial charge in [-0.25, -0.2) is 0 Å². The van der Waals surface area contributed by atoms with Gasteiger partial charge in [0.1, 0.15) is 5.75 Å². The zero-order valence-corrected chi connectivity index (χ0v) is 18.1. The van der Waals surface area contributed by atoms with Crippen LogP contribution in [0.15, 0.2) is 72.8 Å². The fourth-order valence-corrected chi connectivity index (χ4v) is 3.35. The zero-order chi connectivity index (χ0) is 21.0. The summed E-state index contributed by atoms with van der Waals surface area (Å²) in [6.07, 6.45) is -0.669. The Morgan fingerprint density at radius 1 is 0.897 bits per heavy atom. The molecule has 1 N–H and O–H groups in total. The van der Waals surface area contributed by atoms with Crippen LogP contribution in [-0.4, -0.2) is 12.0 Å². The molecule has 150 valence electrons. The van der Waals surface area contributed by atoms with Crippen LogP contribution >= 0.6 is 23.2 Å². The second kappa shape index (κ2) is 8.89. The van der Waals surface area contributed by atoms with E-state index in [-0.39, 0.29) is 11.3 Å². The SMILES string of the molecule is CC(Oc1ccc(C(C)(C)c2ccccc2)cc1)C(=O)Nc1ccc(Cl)c(Cl)c1. The molecule has 0 fully saturated rings. The van der Waals surface area contributed by atoms with E-state index in [1.165, 1.54) is 11.1 Å². The fourth-order valence-electron chi connectivity index (χ4n) is 3.05. The Labute approximate surface area is 181 Å². The third kappa shape index (κ3) is 5.11. The minimum Gasteiger partial charge on any atom is -0.481 e. The van der Waals surface area contributed by atoms with Crippen molar-refractivity contribution >= 4 is 34.8 Å². The molecule has 3 aromatic carbocycles. The average molecular weight is 428 g/mol. The largest absolute Gasteiger partial charge is 0.481 e. The summed E-state index contributed by atoms with van der Waals surface area (Å²) in [4.78, 5) is 12.4. The Bertz CT molecular complexity index is 986. The first-order valence-corrected chi connectivity index (χ1v) is 10.1. The number of anilines is 1. The van der Waals surface area contributed by atoms with Crippen molar-refractivity contribution in [2.24, 2.45) is 0 Å². The number of halogens is 2. The van der Waals surface area contributed by atoms with Crippen LogP contribution in [0.5, 0.6) is 5.75 Å². The van der Waals surface area contributed by atoms with Crippen molar-refractivity contribution in [1.82, 2.24) is 0 Å². The number of ether oxygens (including phenoxy) is 1. The summed E-state index contributed by atoms with van der Waals surface area (Å²) in [5, 5.41) is 3.60. The Morgan fingerprint density at radius 3 is 2.14 bits per heavy atom. The van der Waals surface area contributed by atoms with Crippen LogP contribution in [0.3, 0.4) is 0 Å². The average Bonchev–Trinajstić information content (AvgIpc) is 2.72. The number of rotatable bonds is 6. The summed E-state index contributed by atoms with van der Waals surface area (Å²) in [5.41, 5.74) is 2.85. The van der Waals surface area contributed by atoms with Crippen molar-refractivity contribution in [1.29, 1.82) is 0 Å². The number of benzene rings is 3. The quantitative estimate of drug-likeness (QED) is 0.473. The molecule has 0 aliphatic rings. The lowest BCUT2D eigenvalue weighted by Crippen LogP contribution is -2.30. The van der Waals surface area contributed by atoms with Gasteiger partial charge in [0.15, 0.2) is 6.10 Å². The number of amides is 1. The van der Waals surface area contributed by atoms with E-state index >= 15 is 0 Å². The topological polar surface area (TPSA) is 38.3 Å². The van der Waals surface area contributed by atoms with E-state index in [9.17, 15) is 4.79 Å². The summed E-state index contributed by atoms with van der Waals surface area (Å²) in [7, 11) is 0. The molecule has 1 amide bonds. The Kier molecular flexibility index (Phi) is 6.51. The van der Waals surface area contributed by atoms with E-state index in [0.717, 1.165) is 0 Å². The molecule has 0 aliphatic carbocycles. The van der Waals surface area contributed by atoms with Gasteiger partial charge in [-0.1, -0.05) is 79.5 Å². The maximum absolute atomic E-state index is 12.4. The first kappa shape index (κ1) is 21.2. The molecule has 3 aromatic rings. The second-order valence-electron chi connectivity index (χ2n) is 7.39. The Morgan fingerprint density at radius 2 is 1.52 bits per heavy atom. The number of carbonyl (C=O) groups excluding carboxylic acids is 1. The van der Waals surface area contributed by atoms with Crippen LogP contribution in [0.1, 0.15) is 31.9 Å². The maximum Gasteiger partial charge on any atom is 0.265 e. The number of carbonyl (C=O) groups is 1. The van der Waals surface area contributed by atoms with Gasteiger partial charge in [0, 0.05) is 11.1 Å². The van der Waals surface area contributed by atoms with E-state index in [2.05, 4.69) is 31.3 Å². The van der Waals surface area contributed by atoms with Crippen LogP contribution in [0, 0.1) is 0 Å². The number of hydrogen-bond acceptors (Lipinski definition) is 2. The molecule has 3 rings (SSSR count). The van der Waals surface area contributed by atoms with Crippen LogP contribution in [0.25, 0.3) is 0 Å². The lowest BCUT2D eigenvalue weighted by atomic mass is 9.78. The summed E-state index contributed by atoms with van der Waals surface area (Å²) in [6.45, 7) is 6.08. The molecule has 0 spiro atoms. The van der Waals surface area contributed by atoms with Crippen molar-refractivity contribution in [2.75, 3.05) is 5.32 Å². The highest BCUT2D eigenvalue weighted by Crippen LogP contribution is 2.32. The zero-order valence-electron chi connectivity index (χ0n) is 16.6. The lowest BCUT2D eigenvalue weighted by molar-refractivity contribution is -0.122. The minimum absolute atomic E-state index is 0.128. The normalized spacial score (nSPS) is 12.3. The van der Waals surface area contributed by atoms with Gasteiger partial charge in [-0.15, -0.1) is 0 Å². The highest BCUT2D eigenvalue weighted by Gasteiger charge is 2.23. The number of hydrogen-bond donors (Lipinski definition) is 1. The summed E-state index contributed by atoms with van der Waals surface area (Å²) in [5.74, 6) is 0.367. The first-order chi connectivity index (χ1) is 13.8. The monoisotopic (exact) mass is 427 g/mol. The third-order valence-corrected chi connectivity index (χ3v) is 5.68. The lowest BCUT2D eigenvalue weighted by Gasteiger charge is -2.26. The first-order valence-electron chi connectivity index (χ1n) is 9.36. The van der Waals surface area contributed by atoms with Gasteiger partial charge >= 0.3 is 0 Å². The molecule has 0 radical (unpaired) electrons. The Hall–Kier alpha value is -2.49. The molecule has 29 heavy (non-hydrogen) atoms. The predicted octanol–water partition coefficient (Wildman–Crippen LogP) is 6.73. The van der Waals surface area contributed by atoms with Crippen LogP contribution in [-0.2, 0) is 10.2 Å². The van der Waals surface area contributed by atoms with Gasteiger partial charge in [-0.3, -0.25) is 4.79 Å². The molecule has 0 heterocycles. The van der Waals surface area contributed by atoms with Crippen LogP contribution in [0.4, 0.5) is 5.69 Å². The molecule has 0 bridgehead atoms. The molecule has 1 unspecified atom stereocenters. The van der Waals surface area contributed by atoms with Gasteiger partial charge in [-0.2, -0.15) is 0 Å². The molecule has 0 aromatic heterocycles. The standard InChI is InChI=1S/C24H23Cl2NO2/c1-16(23(28)27-19-11-14-21(25)22(26)15-19)29-20-12-9-18(10-13-20)24(2,3)17-7-5-4-6-8-17/h4-16H,1-3H3,(H,27,28). The van der Waals surface area contributed by atoms with E-state index in [1.54, 1.807) is 25.1 Å². The molecule has 0 saturated heterocycles. The van der Waals surface area contributed by atoms with E-state index in [4.69, 9.17) is 27.9 Å². The molecule has 3 nitrogen and oxygen atoms in total. The van der Waals surface area contributed by atoms with E-state index in [1.807, 2.05) is 42.5 Å². The number of nitrogens with one attached hydrogen (secondary N) is 1. The molecule has 0 aliphatic heterocycles. The van der Waals surface area contributed by atoms with Crippen molar-refractivity contribution < 1.29 is 9.53 Å². The van der Waals surface area contributed by atoms with Gasteiger partial charge in [-0.05, 0) is 48.4 Å². The summed E-state index contributed by atoms with van der Waals surface area (Å²) >= 11 is 11.9. The van der Waals surface area contributed by atoms with Gasteiger partial charge < -0.3 is 10.1 Å². The molecular weight excluding hydrogens is 405 g/mol. The van der Waals surface area contributed by atoms with Gasteiger partial charge in [0.2, 0.25) is 0 Å². The summed E-state index contributed by atoms with van der Waals surface area (Å²) < 4.78 is 5.80. The third-order valence-electron chi connectivity index (χ3n) is 4.94. The molecule has 1 atom stereocenters. The maximum atomic E-state index is 12.4. The second-order valence-corrected chi connectivity index (χ2v) is 8.21. The predicted molar refractivity (Wildman–Crippen MR) is 120 cm³/mol. The summed E-state index contributed by atoms with van der Waals surface area (Å²) in [6, 6.07) is 23.1. The molecule has 5 heteroatoms. The van der Waals surface area contributed by atoms with Crippen LogP contribution < -0.4 is 10.1 Å².